The van der Waals surface area contributed by atoms with Crippen LogP contribution in [0.25, 0.3) is 0 Å². The molecule has 17 heavy (non-hydrogen) atoms. The molecule has 0 saturated carbocycles. The molecule has 0 saturated heterocycles. The van der Waals surface area contributed by atoms with Crippen LogP contribution in [-0.4, -0.2) is 36.0 Å². The summed E-state index contributed by atoms with van der Waals surface area (Å²) in [5.41, 5.74) is 6.23. The number of rotatable bonds is 6. The van der Waals surface area contributed by atoms with E-state index in [0.717, 1.165) is 23.6 Å². The second kappa shape index (κ2) is 6.03. The summed E-state index contributed by atoms with van der Waals surface area (Å²) in [4.78, 5) is 21.3. The van der Waals surface area contributed by atoms with Gasteiger partial charge in [0, 0.05) is 19.2 Å². The topological polar surface area (TPSA) is 84.1 Å². The van der Waals surface area contributed by atoms with Crippen molar-refractivity contribution < 1.29 is 4.79 Å². The zero-order valence-electron chi connectivity index (χ0n) is 10.5. The smallest absolute Gasteiger partial charge is 0.236 e. The van der Waals surface area contributed by atoms with Crippen LogP contribution in [0.1, 0.15) is 19.4 Å². The summed E-state index contributed by atoms with van der Waals surface area (Å²) in [7, 11) is 1.82. The number of amides is 1. The number of nitrogens with zero attached hydrogens (tertiary/aromatic N) is 3. The van der Waals surface area contributed by atoms with E-state index in [0.29, 0.717) is 6.54 Å². The van der Waals surface area contributed by atoms with Crippen molar-refractivity contribution in [2.24, 2.45) is 5.73 Å². The van der Waals surface area contributed by atoms with Crippen LogP contribution < -0.4 is 16.0 Å². The number of carbonyl (C=O) groups is 1. The zero-order valence-corrected chi connectivity index (χ0v) is 10.5. The molecule has 1 rings (SSSR count). The number of anilines is 2. The number of likely N-dealkylation sites (N-methyl/N-ethyl adjacent to an activating group) is 1. The van der Waals surface area contributed by atoms with Crippen LogP contribution in [0, 0.1) is 0 Å². The Kier molecular flexibility index (Phi) is 4.68. The Labute approximate surface area is 101 Å². The third-order valence-electron chi connectivity index (χ3n) is 2.54. The number of hydrogen-bond donors (Lipinski definition) is 2. The van der Waals surface area contributed by atoms with Crippen LogP contribution in [-0.2, 0) is 11.2 Å². The molecule has 0 aliphatic rings. The van der Waals surface area contributed by atoms with Gasteiger partial charge in [0.15, 0.2) is 0 Å². The molecule has 1 heterocycles. The first-order chi connectivity index (χ1) is 8.13. The highest BCUT2D eigenvalue weighted by Crippen LogP contribution is 2.23. The van der Waals surface area contributed by atoms with Crippen LogP contribution in [0.5, 0.6) is 0 Å². The minimum Gasteiger partial charge on any atom is -0.373 e. The summed E-state index contributed by atoms with van der Waals surface area (Å²) >= 11 is 0. The van der Waals surface area contributed by atoms with Gasteiger partial charge in [0.05, 0.1) is 6.54 Å². The van der Waals surface area contributed by atoms with Crippen molar-refractivity contribution in [3.8, 4) is 0 Å². The van der Waals surface area contributed by atoms with Crippen LogP contribution in [0.2, 0.25) is 0 Å². The quantitative estimate of drug-likeness (QED) is 0.747. The second-order valence-corrected chi connectivity index (χ2v) is 3.61. The molecular formula is C11H19N5O. The van der Waals surface area contributed by atoms with Gasteiger partial charge in [-0.15, -0.1) is 0 Å². The maximum Gasteiger partial charge on any atom is 0.236 e. The van der Waals surface area contributed by atoms with Gasteiger partial charge < -0.3 is 16.0 Å². The molecule has 0 atom stereocenters. The van der Waals surface area contributed by atoms with Gasteiger partial charge in [0.25, 0.3) is 0 Å². The molecule has 6 heteroatoms. The molecule has 0 radical (unpaired) electrons. The fourth-order valence-electron chi connectivity index (χ4n) is 1.74. The lowest BCUT2D eigenvalue weighted by molar-refractivity contribution is -0.116. The Morgan fingerprint density at radius 3 is 2.65 bits per heavy atom. The minimum absolute atomic E-state index is 0.170. The van der Waals surface area contributed by atoms with Crippen LogP contribution in [0.3, 0.4) is 0 Å². The maximum atomic E-state index is 11.0. The van der Waals surface area contributed by atoms with Crippen molar-refractivity contribution >= 4 is 17.5 Å². The highest BCUT2D eigenvalue weighted by molar-refractivity contribution is 5.79. The first-order valence-electron chi connectivity index (χ1n) is 5.68. The van der Waals surface area contributed by atoms with Crippen LogP contribution >= 0.6 is 0 Å². The van der Waals surface area contributed by atoms with Gasteiger partial charge in [-0.3, -0.25) is 4.79 Å². The van der Waals surface area contributed by atoms with Crippen molar-refractivity contribution in [2.75, 3.05) is 30.4 Å². The van der Waals surface area contributed by atoms with Gasteiger partial charge in [-0.25, -0.2) is 9.97 Å². The molecular weight excluding hydrogens is 218 g/mol. The lowest BCUT2D eigenvalue weighted by atomic mass is 10.2. The van der Waals surface area contributed by atoms with E-state index in [1.165, 1.54) is 6.33 Å². The van der Waals surface area contributed by atoms with E-state index in [4.69, 9.17) is 5.73 Å². The van der Waals surface area contributed by atoms with E-state index in [-0.39, 0.29) is 12.5 Å². The van der Waals surface area contributed by atoms with Crippen molar-refractivity contribution in [2.45, 2.75) is 20.3 Å². The molecule has 1 aromatic heterocycles. The average molecular weight is 237 g/mol. The van der Waals surface area contributed by atoms with E-state index in [9.17, 15) is 4.79 Å². The fourth-order valence-corrected chi connectivity index (χ4v) is 1.74. The van der Waals surface area contributed by atoms with E-state index in [1.807, 2.05) is 25.8 Å². The first-order valence-corrected chi connectivity index (χ1v) is 5.68. The van der Waals surface area contributed by atoms with E-state index >= 15 is 0 Å². The first kappa shape index (κ1) is 13.2. The summed E-state index contributed by atoms with van der Waals surface area (Å²) in [5.74, 6) is 1.20. The van der Waals surface area contributed by atoms with Gasteiger partial charge in [-0.1, -0.05) is 6.92 Å². The molecule has 1 aromatic rings. The molecule has 0 spiro atoms. The van der Waals surface area contributed by atoms with Crippen LogP contribution in [0.4, 0.5) is 11.6 Å². The normalized spacial score (nSPS) is 10.1. The number of carbonyl (C=O) groups excluding carboxylic acids is 1. The summed E-state index contributed by atoms with van der Waals surface area (Å²) in [6.45, 7) is 4.84. The summed E-state index contributed by atoms with van der Waals surface area (Å²) in [6.07, 6.45) is 2.28. The Hall–Kier alpha value is -1.85. The van der Waals surface area contributed by atoms with Crippen molar-refractivity contribution in [3.63, 3.8) is 0 Å². The Balaban J connectivity index is 3.13. The van der Waals surface area contributed by atoms with Crippen molar-refractivity contribution in [3.05, 3.63) is 11.9 Å². The zero-order chi connectivity index (χ0) is 12.8. The molecule has 0 aliphatic heterocycles. The second-order valence-electron chi connectivity index (χ2n) is 3.61. The molecule has 0 fully saturated rings. The maximum absolute atomic E-state index is 11.0. The standard InChI is InChI=1S/C11H19N5O/c1-4-8-10(13-3)14-7-15-11(8)16(5-2)6-9(12)17/h7H,4-6H2,1-3H3,(H2,12,17)(H,13,14,15). The number of primary amides is 1. The molecule has 0 aromatic carbocycles. The molecule has 1 amide bonds. The summed E-state index contributed by atoms with van der Waals surface area (Å²) in [5, 5.41) is 3.03. The van der Waals surface area contributed by atoms with E-state index < -0.39 is 0 Å². The highest BCUT2D eigenvalue weighted by atomic mass is 16.1. The monoisotopic (exact) mass is 237 g/mol. The van der Waals surface area contributed by atoms with Gasteiger partial charge in [0.2, 0.25) is 5.91 Å². The molecule has 94 valence electrons. The third kappa shape index (κ3) is 3.05. The van der Waals surface area contributed by atoms with Crippen molar-refractivity contribution in [1.82, 2.24) is 9.97 Å². The number of nitrogens with two attached hydrogens (primary N) is 1. The van der Waals surface area contributed by atoms with E-state index in [1.54, 1.807) is 0 Å². The SMILES string of the molecule is CCc1c(NC)ncnc1N(CC)CC(N)=O. The lowest BCUT2D eigenvalue weighted by Gasteiger charge is -2.23. The summed E-state index contributed by atoms with van der Waals surface area (Å²) < 4.78 is 0. The molecule has 0 aliphatic carbocycles. The predicted octanol–water partition coefficient (Wildman–Crippen LogP) is 0.392. The Morgan fingerprint density at radius 2 is 2.18 bits per heavy atom. The number of hydrogen-bond acceptors (Lipinski definition) is 5. The van der Waals surface area contributed by atoms with Crippen molar-refractivity contribution in [1.29, 1.82) is 0 Å². The number of nitrogens with one attached hydrogen (secondary N) is 1. The Bertz CT molecular complexity index is 393. The van der Waals surface area contributed by atoms with E-state index in [2.05, 4.69) is 15.3 Å². The summed E-state index contributed by atoms with van der Waals surface area (Å²) in [6, 6.07) is 0. The molecule has 6 nitrogen and oxygen atoms in total. The highest BCUT2D eigenvalue weighted by Gasteiger charge is 2.15. The number of aromatic nitrogens is 2. The largest absolute Gasteiger partial charge is 0.373 e. The van der Waals surface area contributed by atoms with Gasteiger partial charge in [0.1, 0.15) is 18.0 Å². The third-order valence-corrected chi connectivity index (χ3v) is 2.54. The lowest BCUT2D eigenvalue weighted by Crippen LogP contribution is -2.35. The van der Waals surface area contributed by atoms with Gasteiger partial charge in [-0.05, 0) is 13.3 Å². The predicted molar refractivity (Wildman–Crippen MR) is 68.0 cm³/mol. The average Bonchev–Trinajstić information content (AvgIpc) is 2.34. The minimum atomic E-state index is -0.362. The van der Waals surface area contributed by atoms with Gasteiger partial charge in [-0.2, -0.15) is 0 Å². The molecule has 0 unspecified atom stereocenters. The molecule has 3 N–H and O–H groups in total. The fraction of sp³-hybridized carbons (Fsp3) is 0.545. The van der Waals surface area contributed by atoms with Crippen LogP contribution in [0.15, 0.2) is 6.33 Å². The Morgan fingerprint density at radius 1 is 1.47 bits per heavy atom. The van der Waals surface area contributed by atoms with Gasteiger partial charge >= 0.3 is 0 Å². The molecule has 0 bridgehead atoms.